The summed E-state index contributed by atoms with van der Waals surface area (Å²) in [4.78, 5) is 25.8. The van der Waals surface area contributed by atoms with Crippen molar-refractivity contribution in [3.8, 4) is 11.5 Å². The SMILES string of the molecule is Cc1ncc(-c2nc3cc(C(C)C)ccc3o2)c2cc(NC(=O)C3CC3)ncc12. The van der Waals surface area contributed by atoms with Crippen LogP contribution in [-0.2, 0) is 4.79 Å². The Hall–Kier alpha value is -3.28. The summed E-state index contributed by atoms with van der Waals surface area (Å²) in [5.41, 5.74) is 4.45. The maximum atomic E-state index is 12.1. The normalized spacial score (nSPS) is 14.1. The lowest BCUT2D eigenvalue weighted by atomic mass is 10.0. The predicted molar refractivity (Wildman–Crippen MR) is 113 cm³/mol. The zero-order chi connectivity index (χ0) is 20.1. The van der Waals surface area contributed by atoms with Crippen molar-refractivity contribution in [3.63, 3.8) is 0 Å². The van der Waals surface area contributed by atoms with E-state index in [0.29, 0.717) is 17.6 Å². The number of aromatic nitrogens is 3. The number of carbonyl (C=O) groups is 1. The van der Waals surface area contributed by atoms with E-state index in [1.54, 1.807) is 12.4 Å². The van der Waals surface area contributed by atoms with Gasteiger partial charge in [0, 0.05) is 34.8 Å². The zero-order valence-electron chi connectivity index (χ0n) is 16.7. The summed E-state index contributed by atoms with van der Waals surface area (Å²) in [6, 6.07) is 7.99. The first kappa shape index (κ1) is 17.8. The minimum absolute atomic E-state index is 0.0345. The number of hydrogen-bond donors (Lipinski definition) is 1. The molecule has 0 bridgehead atoms. The summed E-state index contributed by atoms with van der Waals surface area (Å²) in [5, 5.41) is 4.74. The van der Waals surface area contributed by atoms with Crippen molar-refractivity contribution in [2.45, 2.75) is 39.5 Å². The van der Waals surface area contributed by atoms with Gasteiger partial charge in [-0.2, -0.15) is 0 Å². The molecule has 1 aromatic carbocycles. The second-order valence-corrected chi connectivity index (χ2v) is 8.04. The van der Waals surface area contributed by atoms with Gasteiger partial charge in [-0.1, -0.05) is 19.9 Å². The first-order chi connectivity index (χ1) is 14.0. The number of nitrogens with zero attached hydrogens (tertiary/aromatic N) is 3. The Morgan fingerprint density at radius 2 is 1.97 bits per heavy atom. The number of hydrogen-bond acceptors (Lipinski definition) is 5. The van der Waals surface area contributed by atoms with Gasteiger partial charge >= 0.3 is 0 Å². The fourth-order valence-corrected chi connectivity index (χ4v) is 3.50. The van der Waals surface area contributed by atoms with E-state index in [-0.39, 0.29) is 11.8 Å². The molecule has 0 saturated heterocycles. The van der Waals surface area contributed by atoms with Crippen LogP contribution in [0.1, 0.15) is 43.9 Å². The number of rotatable bonds is 4. The molecule has 1 aliphatic rings. The van der Waals surface area contributed by atoms with Gasteiger partial charge in [0.15, 0.2) is 5.58 Å². The number of benzene rings is 1. The average Bonchev–Trinajstić information content (AvgIpc) is 3.47. The van der Waals surface area contributed by atoms with Gasteiger partial charge in [-0.3, -0.25) is 9.78 Å². The highest BCUT2D eigenvalue weighted by molar-refractivity contribution is 6.00. The highest BCUT2D eigenvalue weighted by Gasteiger charge is 2.30. The number of aryl methyl sites for hydroxylation is 1. The average molecular weight is 386 g/mol. The molecule has 0 atom stereocenters. The number of fused-ring (bicyclic) bond motifs is 2. The van der Waals surface area contributed by atoms with Crippen molar-refractivity contribution in [1.82, 2.24) is 15.0 Å². The number of anilines is 1. The maximum absolute atomic E-state index is 12.1. The molecule has 0 unspecified atom stereocenters. The van der Waals surface area contributed by atoms with Crippen LogP contribution in [0.25, 0.3) is 33.3 Å². The molecule has 1 fully saturated rings. The van der Waals surface area contributed by atoms with E-state index >= 15 is 0 Å². The van der Waals surface area contributed by atoms with Crippen LogP contribution in [0.3, 0.4) is 0 Å². The van der Waals surface area contributed by atoms with Crippen LogP contribution >= 0.6 is 0 Å². The van der Waals surface area contributed by atoms with Gasteiger partial charge in [0.2, 0.25) is 11.8 Å². The van der Waals surface area contributed by atoms with Crippen LogP contribution < -0.4 is 5.32 Å². The van der Waals surface area contributed by atoms with Crippen LogP contribution in [0.4, 0.5) is 5.82 Å². The Balaban J connectivity index is 1.62. The largest absolute Gasteiger partial charge is 0.436 e. The van der Waals surface area contributed by atoms with Crippen LogP contribution in [0, 0.1) is 12.8 Å². The molecule has 5 rings (SSSR count). The van der Waals surface area contributed by atoms with Crippen LogP contribution in [0.2, 0.25) is 0 Å². The van der Waals surface area contributed by atoms with Gasteiger partial charge in [-0.25, -0.2) is 9.97 Å². The summed E-state index contributed by atoms with van der Waals surface area (Å²) in [5.74, 6) is 1.64. The Kier molecular flexibility index (Phi) is 4.08. The Morgan fingerprint density at radius 3 is 2.72 bits per heavy atom. The van der Waals surface area contributed by atoms with Gasteiger partial charge in [-0.15, -0.1) is 0 Å². The van der Waals surface area contributed by atoms with Crippen LogP contribution in [0.15, 0.2) is 41.1 Å². The monoisotopic (exact) mass is 386 g/mol. The van der Waals surface area contributed by atoms with E-state index in [1.165, 1.54) is 5.56 Å². The first-order valence-corrected chi connectivity index (χ1v) is 9.96. The highest BCUT2D eigenvalue weighted by atomic mass is 16.3. The van der Waals surface area contributed by atoms with E-state index in [2.05, 4.69) is 41.3 Å². The van der Waals surface area contributed by atoms with Crippen molar-refractivity contribution in [2.75, 3.05) is 5.32 Å². The molecule has 0 radical (unpaired) electrons. The lowest BCUT2D eigenvalue weighted by Crippen LogP contribution is -2.14. The van der Waals surface area contributed by atoms with Crippen molar-refractivity contribution in [1.29, 1.82) is 0 Å². The standard InChI is InChI=1S/C23H22N4O2/c1-12(2)15-6-7-20-19(8-15)26-23(29-20)18-11-24-13(3)17-10-25-21(9-16(17)18)27-22(28)14-4-5-14/h6-12,14H,4-5H2,1-3H3,(H,25,27,28). The number of nitrogens with one attached hydrogen (secondary N) is 1. The third-order valence-corrected chi connectivity index (χ3v) is 5.48. The number of carbonyl (C=O) groups excluding carboxylic acids is 1. The third kappa shape index (κ3) is 3.24. The molecule has 4 aromatic rings. The molecule has 1 N–H and O–H groups in total. The quantitative estimate of drug-likeness (QED) is 0.520. The molecular formula is C23H22N4O2. The number of pyridine rings is 2. The maximum Gasteiger partial charge on any atom is 0.229 e. The minimum Gasteiger partial charge on any atom is -0.436 e. The van der Waals surface area contributed by atoms with Gasteiger partial charge in [0.1, 0.15) is 11.3 Å². The molecule has 146 valence electrons. The van der Waals surface area contributed by atoms with Crippen molar-refractivity contribution < 1.29 is 9.21 Å². The smallest absolute Gasteiger partial charge is 0.229 e. The topological polar surface area (TPSA) is 80.9 Å². The van der Waals surface area contributed by atoms with Crippen molar-refractivity contribution in [2.24, 2.45) is 5.92 Å². The molecule has 0 spiro atoms. The van der Waals surface area contributed by atoms with Gasteiger partial charge in [0.05, 0.1) is 5.56 Å². The van der Waals surface area contributed by atoms with Gasteiger partial charge < -0.3 is 9.73 Å². The molecule has 6 nitrogen and oxygen atoms in total. The first-order valence-electron chi connectivity index (χ1n) is 9.96. The molecule has 1 aliphatic carbocycles. The summed E-state index contributed by atoms with van der Waals surface area (Å²) >= 11 is 0. The summed E-state index contributed by atoms with van der Waals surface area (Å²) in [7, 11) is 0. The predicted octanol–water partition coefficient (Wildman–Crippen LogP) is 5.22. The summed E-state index contributed by atoms with van der Waals surface area (Å²) in [6.07, 6.45) is 5.44. The van der Waals surface area contributed by atoms with Crippen molar-refractivity contribution in [3.05, 3.63) is 47.9 Å². The molecule has 29 heavy (non-hydrogen) atoms. The van der Waals surface area contributed by atoms with Gasteiger partial charge in [-0.05, 0) is 49.4 Å². The number of amides is 1. The van der Waals surface area contributed by atoms with E-state index < -0.39 is 0 Å². The van der Waals surface area contributed by atoms with Crippen molar-refractivity contribution >= 4 is 33.6 Å². The van der Waals surface area contributed by atoms with E-state index in [9.17, 15) is 4.79 Å². The Bertz CT molecular complexity index is 1250. The second kappa shape index (κ2) is 6.65. The summed E-state index contributed by atoms with van der Waals surface area (Å²) < 4.78 is 6.05. The Labute approximate surface area is 168 Å². The number of oxazole rings is 1. The molecule has 3 heterocycles. The van der Waals surface area contributed by atoms with Crippen LogP contribution in [0.5, 0.6) is 0 Å². The second-order valence-electron chi connectivity index (χ2n) is 8.04. The lowest BCUT2D eigenvalue weighted by Gasteiger charge is -2.08. The van der Waals surface area contributed by atoms with Gasteiger partial charge in [0.25, 0.3) is 0 Å². The third-order valence-electron chi connectivity index (χ3n) is 5.48. The molecule has 3 aromatic heterocycles. The van der Waals surface area contributed by atoms with E-state index in [1.807, 2.05) is 19.1 Å². The summed E-state index contributed by atoms with van der Waals surface area (Å²) in [6.45, 7) is 6.26. The Morgan fingerprint density at radius 1 is 1.14 bits per heavy atom. The molecule has 1 saturated carbocycles. The van der Waals surface area contributed by atoms with E-state index in [4.69, 9.17) is 9.40 Å². The fourth-order valence-electron chi connectivity index (χ4n) is 3.50. The molecule has 0 aliphatic heterocycles. The molecule has 6 heteroatoms. The van der Waals surface area contributed by atoms with E-state index in [0.717, 1.165) is 46.0 Å². The molecule has 1 amide bonds. The zero-order valence-corrected chi connectivity index (χ0v) is 16.7. The van der Waals surface area contributed by atoms with Crippen LogP contribution in [-0.4, -0.2) is 20.9 Å². The minimum atomic E-state index is 0.0345. The molecular weight excluding hydrogens is 364 g/mol. The highest BCUT2D eigenvalue weighted by Crippen LogP contribution is 2.34. The fraction of sp³-hybridized carbons (Fsp3) is 0.304. The lowest BCUT2D eigenvalue weighted by molar-refractivity contribution is -0.117.